The average Bonchev–Trinajstić information content (AvgIpc) is 2.35. The zero-order valence-corrected chi connectivity index (χ0v) is 14.2. The standard InChI is InChI=1S/C15H15Cl3O3/c1-7-10(4-13(16)19)8(2)12(6-15(18)21)9(3)11(7)5-14(17)20/h4-6H2,1-3H3. The van der Waals surface area contributed by atoms with Crippen molar-refractivity contribution in [2.45, 2.75) is 40.0 Å². The van der Waals surface area contributed by atoms with Crippen LogP contribution in [0, 0.1) is 20.8 Å². The summed E-state index contributed by atoms with van der Waals surface area (Å²) in [5.74, 6) is 0. The number of benzene rings is 1. The molecule has 0 radical (unpaired) electrons. The third kappa shape index (κ3) is 4.53. The van der Waals surface area contributed by atoms with Gasteiger partial charge < -0.3 is 0 Å². The molecule has 1 aromatic carbocycles. The highest BCUT2D eigenvalue weighted by Crippen LogP contribution is 2.29. The molecule has 0 heterocycles. The second-order valence-corrected chi connectivity index (χ2v) is 6.17. The average molecular weight is 350 g/mol. The van der Waals surface area contributed by atoms with E-state index in [1.165, 1.54) is 0 Å². The van der Waals surface area contributed by atoms with Gasteiger partial charge in [-0.2, -0.15) is 0 Å². The van der Waals surface area contributed by atoms with Crippen molar-refractivity contribution in [3.8, 4) is 0 Å². The maximum Gasteiger partial charge on any atom is 0.226 e. The fraction of sp³-hybridized carbons (Fsp3) is 0.400. The normalized spacial score (nSPS) is 10.6. The molecule has 0 spiro atoms. The van der Waals surface area contributed by atoms with Crippen LogP contribution in [0.2, 0.25) is 0 Å². The number of hydrogen-bond acceptors (Lipinski definition) is 3. The first-order valence-electron chi connectivity index (χ1n) is 6.30. The van der Waals surface area contributed by atoms with Crippen LogP contribution in [0.1, 0.15) is 33.4 Å². The minimum Gasteiger partial charge on any atom is -0.281 e. The third-order valence-electron chi connectivity index (χ3n) is 3.66. The van der Waals surface area contributed by atoms with Crippen LogP contribution in [-0.2, 0) is 33.6 Å². The Bertz CT molecular complexity index is 514. The smallest absolute Gasteiger partial charge is 0.226 e. The van der Waals surface area contributed by atoms with Gasteiger partial charge in [0.05, 0.1) is 0 Å². The van der Waals surface area contributed by atoms with Crippen LogP contribution in [0.4, 0.5) is 0 Å². The van der Waals surface area contributed by atoms with E-state index < -0.39 is 15.7 Å². The summed E-state index contributed by atoms with van der Waals surface area (Å²) in [6.45, 7) is 5.45. The highest BCUT2D eigenvalue weighted by atomic mass is 35.5. The van der Waals surface area contributed by atoms with Gasteiger partial charge in [-0.25, -0.2) is 0 Å². The third-order valence-corrected chi connectivity index (χ3v) is 4.06. The molecular formula is C15H15Cl3O3. The Labute approximate surface area is 138 Å². The second kappa shape index (κ2) is 7.39. The molecule has 21 heavy (non-hydrogen) atoms. The van der Waals surface area contributed by atoms with Crippen LogP contribution >= 0.6 is 34.8 Å². The summed E-state index contributed by atoms with van der Waals surface area (Å²) >= 11 is 16.5. The van der Waals surface area contributed by atoms with Gasteiger partial charge >= 0.3 is 0 Å². The molecule has 0 atom stereocenters. The summed E-state index contributed by atoms with van der Waals surface area (Å²) in [6.07, 6.45) is 0.103. The molecule has 0 unspecified atom stereocenters. The Morgan fingerprint density at radius 2 is 0.810 bits per heavy atom. The van der Waals surface area contributed by atoms with E-state index in [9.17, 15) is 14.4 Å². The Hall–Kier alpha value is -0.900. The molecule has 3 nitrogen and oxygen atoms in total. The van der Waals surface area contributed by atoms with Gasteiger partial charge in [0, 0.05) is 19.3 Å². The number of rotatable bonds is 6. The van der Waals surface area contributed by atoms with Crippen molar-refractivity contribution in [3.63, 3.8) is 0 Å². The molecule has 0 saturated heterocycles. The van der Waals surface area contributed by atoms with Gasteiger partial charge in [-0.1, -0.05) is 0 Å². The quantitative estimate of drug-likeness (QED) is 0.738. The van der Waals surface area contributed by atoms with Gasteiger partial charge in [0.15, 0.2) is 0 Å². The number of halogens is 3. The topological polar surface area (TPSA) is 51.2 Å². The lowest BCUT2D eigenvalue weighted by molar-refractivity contribution is -0.111. The molecule has 0 aliphatic rings. The lowest BCUT2D eigenvalue weighted by atomic mass is 9.85. The van der Waals surface area contributed by atoms with Crippen molar-refractivity contribution in [2.75, 3.05) is 0 Å². The summed E-state index contributed by atoms with van der Waals surface area (Å²) in [5, 5.41) is -1.51. The van der Waals surface area contributed by atoms with Crippen molar-refractivity contribution >= 4 is 50.5 Å². The zero-order valence-electron chi connectivity index (χ0n) is 12.0. The van der Waals surface area contributed by atoms with Crippen LogP contribution in [0.5, 0.6) is 0 Å². The summed E-state index contributed by atoms with van der Waals surface area (Å²) in [5.41, 5.74) is 4.58. The van der Waals surface area contributed by atoms with E-state index in [1.54, 1.807) is 0 Å². The van der Waals surface area contributed by atoms with E-state index in [0.717, 1.165) is 33.4 Å². The second-order valence-electron chi connectivity index (χ2n) is 4.91. The Balaban J connectivity index is 3.60. The van der Waals surface area contributed by atoms with Crippen LogP contribution < -0.4 is 0 Å². The minimum absolute atomic E-state index is 0.0342. The molecular weight excluding hydrogens is 335 g/mol. The van der Waals surface area contributed by atoms with Gasteiger partial charge in [-0.15, -0.1) is 0 Å². The van der Waals surface area contributed by atoms with Crippen LogP contribution in [0.15, 0.2) is 0 Å². The molecule has 1 rings (SSSR count). The van der Waals surface area contributed by atoms with Gasteiger partial charge in [-0.3, -0.25) is 14.4 Å². The first-order valence-corrected chi connectivity index (χ1v) is 7.43. The van der Waals surface area contributed by atoms with E-state index in [2.05, 4.69) is 0 Å². The van der Waals surface area contributed by atoms with E-state index in [-0.39, 0.29) is 19.3 Å². The van der Waals surface area contributed by atoms with E-state index >= 15 is 0 Å². The number of carbonyl (C=O) groups is 3. The van der Waals surface area contributed by atoms with E-state index in [4.69, 9.17) is 34.8 Å². The molecule has 0 N–H and O–H groups in total. The van der Waals surface area contributed by atoms with E-state index in [0.29, 0.717) is 0 Å². The molecule has 0 aromatic heterocycles. The minimum atomic E-state index is -0.503. The zero-order chi connectivity index (χ0) is 16.3. The summed E-state index contributed by atoms with van der Waals surface area (Å²) < 4.78 is 0. The largest absolute Gasteiger partial charge is 0.281 e. The van der Waals surface area contributed by atoms with E-state index in [1.807, 2.05) is 20.8 Å². The van der Waals surface area contributed by atoms with Crippen molar-refractivity contribution in [3.05, 3.63) is 33.4 Å². The maximum absolute atomic E-state index is 11.2. The molecule has 0 amide bonds. The number of hydrogen-bond donors (Lipinski definition) is 0. The SMILES string of the molecule is Cc1c(CC(=O)Cl)c(C)c(CC(=O)Cl)c(C)c1CC(=O)Cl. The molecule has 0 bridgehead atoms. The maximum atomic E-state index is 11.2. The highest BCUT2D eigenvalue weighted by molar-refractivity contribution is 6.64. The molecule has 0 aliphatic heterocycles. The molecule has 0 saturated carbocycles. The van der Waals surface area contributed by atoms with Crippen molar-refractivity contribution < 1.29 is 14.4 Å². The van der Waals surface area contributed by atoms with Gasteiger partial charge in [0.25, 0.3) is 0 Å². The van der Waals surface area contributed by atoms with Crippen LogP contribution in [0.3, 0.4) is 0 Å². The lowest BCUT2D eigenvalue weighted by Crippen LogP contribution is -2.12. The van der Waals surface area contributed by atoms with Crippen LogP contribution in [-0.4, -0.2) is 15.7 Å². The van der Waals surface area contributed by atoms with Crippen LogP contribution in [0.25, 0.3) is 0 Å². The van der Waals surface area contributed by atoms with Gasteiger partial charge in [0.2, 0.25) is 15.7 Å². The van der Waals surface area contributed by atoms with Gasteiger partial charge in [0.1, 0.15) is 0 Å². The first-order chi connectivity index (χ1) is 9.65. The predicted molar refractivity (Wildman–Crippen MR) is 84.3 cm³/mol. The first kappa shape index (κ1) is 18.1. The fourth-order valence-electron chi connectivity index (χ4n) is 2.60. The summed E-state index contributed by atoms with van der Waals surface area (Å²) in [4.78, 5) is 33.7. The molecule has 1 aromatic rings. The van der Waals surface area contributed by atoms with Gasteiger partial charge in [-0.05, 0) is 89.0 Å². The molecule has 0 fully saturated rings. The number of carbonyl (C=O) groups excluding carboxylic acids is 3. The fourth-order valence-corrected chi connectivity index (χ4v) is 3.00. The van der Waals surface area contributed by atoms with Crippen molar-refractivity contribution in [2.24, 2.45) is 0 Å². The highest BCUT2D eigenvalue weighted by Gasteiger charge is 2.20. The summed E-state index contributed by atoms with van der Waals surface area (Å²) in [7, 11) is 0. The Kier molecular flexibility index (Phi) is 6.39. The molecule has 6 heteroatoms. The van der Waals surface area contributed by atoms with Crippen molar-refractivity contribution in [1.29, 1.82) is 0 Å². The molecule has 0 aliphatic carbocycles. The summed E-state index contributed by atoms with van der Waals surface area (Å²) in [6, 6.07) is 0. The Morgan fingerprint density at radius 3 is 0.952 bits per heavy atom. The lowest BCUT2D eigenvalue weighted by Gasteiger charge is -2.20. The monoisotopic (exact) mass is 348 g/mol. The molecule has 114 valence electrons. The Morgan fingerprint density at radius 1 is 0.619 bits per heavy atom. The van der Waals surface area contributed by atoms with Crippen molar-refractivity contribution in [1.82, 2.24) is 0 Å². The predicted octanol–water partition coefficient (Wildman–Crippen LogP) is 3.54.